The van der Waals surface area contributed by atoms with Crippen LogP contribution in [0.3, 0.4) is 0 Å². The summed E-state index contributed by atoms with van der Waals surface area (Å²) in [6.07, 6.45) is -0.00660. The number of benzene rings is 1. The Morgan fingerprint density at radius 1 is 1.65 bits per heavy atom. The molecule has 1 heterocycles. The fourth-order valence-corrected chi connectivity index (χ4v) is 2.34. The lowest BCUT2D eigenvalue weighted by atomic mass is 10.2. The van der Waals surface area contributed by atoms with E-state index in [2.05, 4.69) is 10.1 Å². The van der Waals surface area contributed by atoms with Crippen LogP contribution >= 0.6 is 11.6 Å². The maximum Gasteiger partial charge on any atom is 0.175 e. The molecule has 0 saturated carbocycles. The minimum atomic E-state index is -0.0766. The van der Waals surface area contributed by atoms with Crippen molar-refractivity contribution < 1.29 is 14.7 Å². The first kappa shape index (κ1) is 14.9. The van der Waals surface area contributed by atoms with E-state index in [0.717, 1.165) is 13.1 Å². The zero-order chi connectivity index (χ0) is 14.5. The Balaban J connectivity index is 2.07. The van der Waals surface area contributed by atoms with Crippen LogP contribution in [0.5, 0.6) is 5.75 Å². The largest absolute Gasteiger partial charge is 0.490 e. The number of rotatable bonds is 4. The van der Waals surface area contributed by atoms with Crippen LogP contribution in [0.4, 0.5) is 0 Å². The molecule has 20 heavy (non-hydrogen) atoms. The fraction of sp³-hybridized carbons (Fsp3) is 0.462. The average molecular weight is 300 g/mol. The van der Waals surface area contributed by atoms with Crippen LogP contribution in [0.25, 0.3) is 0 Å². The Labute approximate surface area is 122 Å². The molecule has 0 amide bonds. The maximum atomic E-state index is 8.81. The summed E-state index contributed by atoms with van der Waals surface area (Å²) >= 11 is 6.06. The highest BCUT2D eigenvalue weighted by molar-refractivity contribution is 6.34. The summed E-state index contributed by atoms with van der Waals surface area (Å²) in [5.74, 6) is 0.400. The highest BCUT2D eigenvalue weighted by atomic mass is 35.5. The fourth-order valence-electron chi connectivity index (χ4n) is 2.07. The molecule has 3 N–H and O–H groups in total. The van der Waals surface area contributed by atoms with Gasteiger partial charge in [-0.25, -0.2) is 0 Å². The number of likely N-dealkylation sites (N-methyl/N-ethyl adjacent to an activating group) is 1. The third kappa shape index (κ3) is 3.53. The van der Waals surface area contributed by atoms with E-state index in [1.54, 1.807) is 18.2 Å². The van der Waals surface area contributed by atoms with Crippen molar-refractivity contribution in [1.82, 2.24) is 4.90 Å². The Kier molecular flexibility index (Phi) is 5.05. The quantitative estimate of drug-likeness (QED) is 0.377. The highest BCUT2D eigenvalue weighted by Gasteiger charge is 2.20. The number of ether oxygens (including phenoxy) is 2. The first-order valence-corrected chi connectivity index (χ1v) is 6.69. The van der Waals surface area contributed by atoms with E-state index >= 15 is 0 Å². The second kappa shape index (κ2) is 6.78. The van der Waals surface area contributed by atoms with Gasteiger partial charge in [-0.2, -0.15) is 0 Å². The van der Waals surface area contributed by atoms with Gasteiger partial charge in [-0.15, -0.1) is 0 Å². The molecular weight excluding hydrogens is 282 g/mol. The smallest absolute Gasteiger partial charge is 0.175 e. The third-order valence-corrected chi connectivity index (χ3v) is 3.42. The number of morpholine rings is 1. The Bertz CT molecular complexity index is 496. The molecule has 1 unspecified atom stereocenters. The molecule has 1 aromatic carbocycles. The van der Waals surface area contributed by atoms with E-state index in [-0.39, 0.29) is 11.9 Å². The Morgan fingerprint density at radius 3 is 3.15 bits per heavy atom. The normalized spacial score (nSPS) is 20.9. The van der Waals surface area contributed by atoms with E-state index in [1.807, 2.05) is 7.05 Å². The van der Waals surface area contributed by atoms with Gasteiger partial charge in [0.25, 0.3) is 0 Å². The van der Waals surface area contributed by atoms with Crippen LogP contribution in [0.1, 0.15) is 5.56 Å². The summed E-state index contributed by atoms with van der Waals surface area (Å²) in [5.41, 5.74) is 6.01. The van der Waals surface area contributed by atoms with Crippen LogP contribution in [0.15, 0.2) is 23.4 Å². The maximum absolute atomic E-state index is 8.81. The first-order chi connectivity index (χ1) is 9.61. The first-order valence-electron chi connectivity index (χ1n) is 6.31. The predicted octanol–water partition coefficient (Wildman–Crippen LogP) is 1.14. The molecule has 1 fully saturated rings. The van der Waals surface area contributed by atoms with E-state index in [1.165, 1.54) is 0 Å². The number of hydrogen-bond acceptors (Lipinski definition) is 5. The summed E-state index contributed by atoms with van der Waals surface area (Å²) in [5, 5.41) is 12.2. The lowest BCUT2D eigenvalue weighted by Crippen LogP contribution is -2.42. The molecule has 1 aliphatic heterocycles. The van der Waals surface area contributed by atoms with Crippen molar-refractivity contribution in [3.05, 3.63) is 28.8 Å². The molecule has 6 nitrogen and oxygen atoms in total. The molecule has 0 aliphatic carbocycles. The van der Waals surface area contributed by atoms with Crippen LogP contribution in [-0.2, 0) is 4.74 Å². The monoisotopic (exact) mass is 299 g/mol. The molecule has 2 rings (SSSR count). The van der Waals surface area contributed by atoms with Gasteiger partial charge in [-0.3, -0.25) is 0 Å². The Morgan fingerprint density at radius 2 is 2.45 bits per heavy atom. The minimum absolute atomic E-state index is 0.00660. The molecule has 0 spiro atoms. The summed E-state index contributed by atoms with van der Waals surface area (Å²) in [4.78, 5) is 2.18. The van der Waals surface area contributed by atoms with Gasteiger partial charge in [-0.05, 0) is 19.2 Å². The van der Waals surface area contributed by atoms with Gasteiger partial charge in [0.1, 0.15) is 18.5 Å². The number of amidine groups is 1. The van der Waals surface area contributed by atoms with Crippen molar-refractivity contribution in [2.45, 2.75) is 6.10 Å². The predicted molar refractivity (Wildman–Crippen MR) is 76.7 cm³/mol. The lowest BCUT2D eigenvalue weighted by Gasteiger charge is -2.30. The number of oxime groups is 1. The van der Waals surface area contributed by atoms with Crippen molar-refractivity contribution >= 4 is 17.4 Å². The van der Waals surface area contributed by atoms with Crippen LogP contribution in [0.2, 0.25) is 5.02 Å². The third-order valence-electron chi connectivity index (χ3n) is 3.11. The van der Waals surface area contributed by atoms with Gasteiger partial charge < -0.3 is 25.3 Å². The number of nitrogens with zero attached hydrogens (tertiary/aromatic N) is 2. The molecule has 1 aliphatic rings. The zero-order valence-electron chi connectivity index (χ0n) is 11.3. The summed E-state index contributed by atoms with van der Waals surface area (Å²) < 4.78 is 11.3. The molecule has 0 aromatic heterocycles. The number of halogens is 1. The van der Waals surface area contributed by atoms with Gasteiger partial charge in [0.15, 0.2) is 5.84 Å². The molecule has 1 aromatic rings. The topological polar surface area (TPSA) is 80.3 Å². The molecule has 0 bridgehead atoms. The molecule has 1 atom stereocenters. The summed E-state index contributed by atoms with van der Waals surface area (Å²) in [6.45, 7) is 2.80. The van der Waals surface area contributed by atoms with Gasteiger partial charge in [0, 0.05) is 13.1 Å². The van der Waals surface area contributed by atoms with Crippen molar-refractivity contribution in [1.29, 1.82) is 0 Å². The van der Waals surface area contributed by atoms with Crippen LogP contribution in [-0.4, -0.2) is 55.4 Å². The number of hydrogen-bond donors (Lipinski definition) is 2. The van der Waals surface area contributed by atoms with Crippen molar-refractivity contribution in [3.63, 3.8) is 0 Å². The van der Waals surface area contributed by atoms with E-state index in [9.17, 15) is 0 Å². The highest BCUT2D eigenvalue weighted by Crippen LogP contribution is 2.26. The average Bonchev–Trinajstić information content (AvgIpc) is 2.44. The van der Waals surface area contributed by atoms with Crippen LogP contribution < -0.4 is 10.5 Å². The molecule has 110 valence electrons. The van der Waals surface area contributed by atoms with Gasteiger partial charge in [0.2, 0.25) is 0 Å². The van der Waals surface area contributed by atoms with E-state index < -0.39 is 0 Å². The second-order valence-electron chi connectivity index (χ2n) is 4.66. The van der Waals surface area contributed by atoms with Crippen molar-refractivity contribution in [2.75, 3.05) is 33.4 Å². The van der Waals surface area contributed by atoms with Crippen molar-refractivity contribution in [2.24, 2.45) is 10.9 Å². The van der Waals surface area contributed by atoms with Gasteiger partial charge in [0.05, 0.1) is 17.2 Å². The van der Waals surface area contributed by atoms with Crippen molar-refractivity contribution in [3.8, 4) is 5.75 Å². The molecule has 0 radical (unpaired) electrons. The number of nitrogens with two attached hydrogens (primary N) is 1. The lowest BCUT2D eigenvalue weighted by molar-refractivity contribution is -0.0403. The minimum Gasteiger partial charge on any atom is -0.490 e. The van der Waals surface area contributed by atoms with Gasteiger partial charge >= 0.3 is 0 Å². The Hall–Kier alpha value is -1.50. The SMILES string of the molecule is CN1CCOC(COc2cccc(Cl)c2/C(N)=N/O)C1. The molecule has 7 heteroatoms. The summed E-state index contributed by atoms with van der Waals surface area (Å²) in [7, 11) is 2.04. The zero-order valence-corrected chi connectivity index (χ0v) is 12.0. The second-order valence-corrected chi connectivity index (χ2v) is 5.07. The van der Waals surface area contributed by atoms with Gasteiger partial charge in [-0.1, -0.05) is 22.8 Å². The van der Waals surface area contributed by atoms with Crippen LogP contribution in [0, 0.1) is 0 Å². The van der Waals surface area contributed by atoms with E-state index in [4.69, 9.17) is 32.0 Å². The molecule has 1 saturated heterocycles. The standard InChI is InChI=1S/C13H18ClN3O3/c1-17-5-6-19-9(7-17)8-20-11-4-2-3-10(14)12(11)13(15)16-18/h2-4,9,18H,5-8H2,1H3,(H2,15,16). The summed E-state index contributed by atoms with van der Waals surface area (Å²) in [6, 6.07) is 5.14. The molecular formula is C13H18ClN3O3. The van der Waals surface area contributed by atoms with E-state index in [0.29, 0.717) is 29.5 Å².